The molecule has 5 nitrogen and oxygen atoms in total. The van der Waals surface area contributed by atoms with E-state index in [1.165, 1.54) is 37.9 Å². The fraction of sp³-hybridized carbons (Fsp3) is 0.524. The number of aromatic nitrogens is 2. The molecule has 4 rings (SSSR count). The molecule has 1 N–H and O–H groups in total. The van der Waals surface area contributed by atoms with E-state index in [9.17, 15) is 4.79 Å². The van der Waals surface area contributed by atoms with Gasteiger partial charge >= 0.3 is 0 Å². The van der Waals surface area contributed by atoms with E-state index in [1.807, 2.05) is 23.7 Å². The Kier molecular flexibility index (Phi) is 5.07. The molecule has 1 saturated heterocycles. The zero-order valence-electron chi connectivity index (χ0n) is 15.6. The van der Waals surface area contributed by atoms with Gasteiger partial charge in [0.1, 0.15) is 5.69 Å². The van der Waals surface area contributed by atoms with Crippen LogP contribution in [0.25, 0.3) is 0 Å². The van der Waals surface area contributed by atoms with Crippen molar-refractivity contribution in [1.82, 2.24) is 14.7 Å². The van der Waals surface area contributed by atoms with Crippen LogP contribution in [0.4, 0.5) is 5.69 Å². The number of carbonyl (C=O) groups is 1. The van der Waals surface area contributed by atoms with Gasteiger partial charge in [0.2, 0.25) is 0 Å². The van der Waals surface area contributed by atoms with Gasteiger partial charge in [0, 0.05) is 24.3 Å². The monoisotopic (exact) mass is 352 g/mol. The number of nitrogens with zero attached hydrogens (tertiary/aromatic N) is 3. The molecule has 1 fully saturated rings. The molecule has 1 aliphatic carbocycles. The van der Waals surface area contributed by atoms with Gasteiger partial charge in [-0.3, -0.25) is 14.4 Å². The van der Waals surface area contributed by atoms with E-state index in [0.717, 1.165) is 55.0 Å². The maximum atomic E-state index is 13.0. The molecule has 1 aliphatic heterocycles. The van der Waals surface area contributed by atoms with Gasteiger partial charge in [-0.2, -0.15) is 5.10 Å². The van der Waals surface area contributed by atoms with Crippen LogP contribution in [0.1, 0.15) is 59.9 Å². The second kappa shape index (κ2) is 7.62. The lowest BCUT2D eigenvalue weighted by Gasteiger charge is -2.16. The number of carbonyl (C=O) groups excluding carboxylic acids is 1. The summed E-state index contributed by atoms with van der Waals surface area (Å²) in [7, 11) is 0. The van der Waals surface area contributed by atoms with Crippen LogP contribution in [0.2, 0.25) is 0 Å². The zero-order valence-corrected chi connectivity index (χ0v) is 15.6. The van der Waals surface area contributed by atoms with Crippen molar-refractivity contribution in [3.63, 3.8) is 0 Å². The number of amides is 1. The summed E-state index contributed by atoms with van der Waals surface area (Å²) in [5, 5.41) is 7.78. The number of hydrogen-bond donors (Lipinski definition) is 1. The van der Waals surface area contributed by atoms with E-state index in [2.05, 4.69) is 27.4 Å². The average molecular weight is 352 g/mol. The highest BCUT2D eigenvalue weighted by Crippen LogP contribution is 2.25. The van der Waals surface area contributed by atoms with Crippen LogP contribution in [0.3, 0.4) is 0 Å². The molecule has 2 aromatic rings. The Labute approximate surface area is 155 Å². The minimum atomic E-state index is -0.0270. The Balaban J connectivity index is 1.52. The number of nitrogens with one attached hydrogen (secondary N) is 1. The molecule has 2 aliphatic rings. The Morgan fingerprint density at radius 2 is 1.96 bits per heavy atom. The summed E-state index contributed by atoms with van der Waals surface area (Å²) in [5.74, 6) is -0.0270. The van der Waals surface area contributed by atoms with Crippen LogP contribution in [0.15, 0.2) is 24.3 Å². The number of likely N-dealkylation sites (tertiary alicyclic amines) is 1. The van der Waals surface area contributed by atoms with Crippen LogP contribution < -0.4 is 5.32 Å². The molecule has 1 aromatic heterocycles. The summed E-state index contributed by atoms with van der Waals surface area (Å²) in [6.45, 7) is 6.10. The number of anilines is 1. The molecule has 0 atom stereocenters. The molecule has 1 amide bonds. The summed E-state index contributed by atoms with van der Waals surface area (Å²) in [5.41, 5.74) is 5.16. The van der Waals surface area contributed by atoms with E-state index < -0.39 is 0 Å². The summed E-state index contributed by atoms with van der Waals surface area (Å²) in [4.78, 5) is 15.5. The highest BCUT2D eigenvalue weighted by atomic mass is 16.2. The highest BCUT2D eigenvalue weighted by molar-refractivity contribution is 6.04. The molecule has 2 heterocycles. The molecule has 0 bridgehead atoms. The van der Waals surface area contributed by atoms with Crippen LogP contribution in [0, 0.1) is 0 Å². The lowest BCUT2D eigenvalue weighted by molar-refractivity contribution is 0.101. The molecular weight excluding hydrogens is 324 g/mol. The van der Waals surface area contributed by atoms with Crippen LogP contribution in [-0.2, 0) is 25.9 Å². The molecule has 0 unspecified atom stereocenters. The van der Waals surface area contributed by atoms with E-state index in [1.54, 1.807) is 0 Å². The van der Waals surface area contributed by atoms with Crippen molar-refractivity contribution >= 4 is 11.6 Å². The molecule has 0 spiro atoms. The first-order chi connectivity index (χ1) is 12.7. The summed E-state index contributed by atoms with van der Waals surface area (Å²) in [6, 6.07) is 8.26. The van der Waals surface area contributed by atoms with Gasteiger partial charge in [0.15, 0.2) is 0 Å². The Morgan fingerprint density at radius 1 is 1.15 bits per heavy atom. The maximum absolute atomic E-state index is 13.0. The van der Waals surface area contributed by atoms with Gasteiger partial charge < -0.3 is 5.32 Å². The van der Waals surface area contributed by atoms with Gasteiger partial charge in [-0.15, -0.1) is 0 Å². The molecule has 5 heteroatoms. The Hall–Kier alpha value is -2.14. The number of benzene rings is 1. The van der Waals surface area contributed by atoms with Crippen molar-refractivity contribution in [3.8, 4) is 0 Å². The van der Waals surface area contributed by atoms with E-state index in [-0.39, 0.29) is 5.91 Å². The number of rotatable bonds is 5. The van der Waals surface area contributed by atoms with Gasteiger partial charge in [-0.1, -0.05) is 12.1 Å². The summed E-state index contributed by atoms with van der Waals surface area (Å²) >= 11 is 0. The minimum absolute atomic E-state index is 0.0270. The molecular formula is C21H28N4O. The highest BCUT2D eigenvalue weighted by Gasteiger charge is 2.24. The summed E-state index contributed by atoms with van der Waals surface area (Å²) < 4.78 is 1.87. The first kappa shape index (κ1) is 17.3. The van der Waals surface area contributed by atoms with Gasteiger partial charge in [0.05, 0.1) is 5.69 Å². The van der Waals surface area contributed by atoms with Gasteiger partial charge in [0.25, 0.3) is 5.91 Å². The second-order valence-electron chi connectivity index (χ2n) is 7.43. The minimum Gasteiger partial charge on any atom is -0.321 e. The number of aryl methyl sites for hydroxylation is 2. The van der Waals surface area contributed by atoms with Crippen LogP contribution in [0.5, 0.6) is 0 Å². The Bertz CT molecular complexity index is 789. The molecule has 26 heavy (non-hydrogen) atoms. The SMILES string of the molecule is CCn1nc2c(c1C(=O)Nc1cccc(CN3CCCC3)c1)CCCC2. The Morgan fingerprint density at radius 3 is 2.77 bits per heavy atom. The zero-order chi connectivity index (χ0) is 17.9. The fourth-order valence-electron chi connectivity index (χ4n) is 4.23. The summed E-state index contributed by atoms with van der Waals surface area (Å²) in [6.07, 6.45) is 6.87. The third kappa shape index (κ3) is 3.54. The normalized spacial score (nSPS) is 17.3. The van der Waals surface area contributed by atoms with Crippen molar-refractivity contribution in [2.75, 3.05) is 18.4 Å². The van der Waals surface area contributed by atoms with E-state index in [0.29, 0.717) is 0 Å². The predicted octanol–water partition coefficient (Wildman–Crippen LogP) is 3.63. The standard InChI is InChI=1S/C21H28N4O/c1-2-25-20(18-10-3-4-11-19(18)23-25)21(26)22-17-9-7-8-16(14-17)15-24-12-5-6-13-24/h7-9,14H,2-6,10-13,15H2,1H3,(H,22,26). The van der Waals surface area contributed by atoms with Gasteiger partial charge in [-0.25, -0.2) is 0 Å². The first-order valence-electron chi connectivity index (χ1n) is 9.96. The lowest BCUT2D eigenvalue weighted by Crippen LogP contribution is -2.20. The van der Waals surface area contributed by atoms with Crippen LogP contribution in [-0.4, -0.2) is 33.7 Å². The second-order valence-corrected chi connectivity index (χ2v) is 7.43. The van der Waals surface area contributed by atoms with Crippen molar-refractivity contribution in [3.05, 3.63) is 46.8 Å². The van der Waals surface area contributed by atoms with Crippen molar-refractivity contribution in [1.29, 1.82) is 0 Å². The topological polar surface area (TPSA) is 50.2 Å². The largest absolute Gasteiger partial charge is 0.321 e. The quantitative estimate of drug-likeness (QED) is 0.894. The molecule has 138 valence electrons. The average Bonchev–Trinajstić information content (AvgIpc) is 3.28. The fourth-order valence-corrected chi connectivity index (χ4v) is 4.23. The molecule has 0 saturated carbocycles. The smallest absolute Gasteiger partial charge is 0.274 e. The third-order valence-electron chi connectivity index (χ3n) is 5.53. The first-order valence-corrected chi connectivity index (χ1v) is 9.96. The number of fused-ring (bicyclic) bond motifs is 1. The molecule has 0 radical (unpaired) electrons. The lowest BCUT2D eigenvalue weighted by atomic mass is 9.95. The van der Waals surface area contributed by atoms with Gasteiger partial charge in [-0.05, 0) is 76.2 Å². The van der Waals surface area contributed by atoms with E-state index >= 15 is 0 Å². The molecule has 1 aromatic carbocycles. The predicted molar refractivity (Wildman–Crippen MR) is 103 cm³/mol. The van der Waals surface area contributed by atoms with Crippen molar-refractivity contribution in [2.24, 2.45) is 0 Å². The van der Waals surface area contributed by atoms with Crippen molar-refractivity contribution in [2.45, 2.75) is 58.5 Å². The third-order valence-corrected chi connectivity index (χ3v) is 5.53. The number of hydrogen-bond acceptors (Lipinski definition) is 3. The maximum Gasteiger partial charge on any atom is 0.274 e. The van der Waals surface area contributed by atoms with Crippen LogP contribution >= 0.6 is 0 Å². The van der Waals surface area contributed by atoms with E-state index in [4.69, 9.17) is 0 Å². The van der Waals surface area contributed by atoms with Crippen molar-refractivity contribution < 1.29 is 4.79 Å².